The van der Waals surface area contributed by atoms with Gasteiger partial charge in [-0.05, 0) is 24.1 Å². The van der Waals surface area contributed by atoms with E-state index in [1.54, 1.807) is 0 Å². The SMILES string of the molecule is CCC(=O)[C@@H](O[Si](C)(C)C(C)(C)C)C(C)C. The maximum Gasteiger partial charge on any atom is 0.193 e. The monoisotopic (exact) mass is 244 g/mol. The fraction of sp³-hybridized carbons (Fsp3) is 0.923. The lowest BCUT2D eigenvalue weighted by Crippen LogP contribution is -2.47. The van der Waals surface area contributed by atoms with Gasteiger partial charge in [0.2, 0.25) is 0 Å². The lowest BCUT2D eigenvalue weighted by molar-refractivity contribution is -0.127. The normalized spacial score (nSPS) is 15.3. The molecule has 0 unspecified atom stereocenters. The number of hydrogen-bond donors (Lipinski definition) is 0. The quantitative estimate of drug-likeness (QED) is 0.683. The summed E-state index contributed by atoms with van der Waals surface area (Å²) in [5.41, 5.74) is 0. The number of Topliss-reactive ketones (excluding diaryl/α,β-unsaturated/α-hetero) is 1. The van der Waals surface area contributed by atoms with Gasteiger partial charge in [-0.1, -0.05) is 41.5 Å². The maximum atomic E-state index is 11.9. The minimum atomic E-state index is -1.83. The van der Waals surface area contributed by atoms with Crippen LogP contribution in [0.4, 0.5) is 0 Å². The second-order valence-corrected chi connectivity index (χ2v) is 11.1. The van der Waals surface area contributed by atoms with Crippen molar-refractivity contribution in [3.63, 3.8) is 0 Å². The smallest absolute Gasteiger partial charge is 0.193 e. The number of carbonyl (C=O) groups excluding carboxylic acids is 1. The fourth-order valence-corrected chi connectivity index (χ4v) is 2.66. The maximum absolute atomic E-state index is 11.9. The van der Waals surface area contributed by atoms with Crippen molar-refractivity contribution >= 4 is 14.1 Å². The van der Waals surface area contributed by atoms with Crippen molar-refractivity contribution in [2.75, 3.05) is 0 Å². The lowest BCUT2D eigenvalue weighted by Gasteiger charge is -2.39. The van der Waals surface area contributed by atoms with Crippen molar-refractivity contribution < 1.29 is 9.22 Å². The van der Waals surface area contributed by atoms with E-state index in [0.717, 1.165) is 0 Å². The summed E-state index contributed by atoms with van der Waals surface area (Å²) < 4.78 is 6.21. The number of rotatable bonds is 5. The van der Waals surface area contributed by atoms with Gasteiger partial charge in [-0.15, -0.1) is 0 Å². The Morgan fingerprint density at radius 2 is 1.69 bits per heavy atom. The molecule has 0 saturated heterocycles. The third-order valence-corrected chi connectivity index (χ3v) is 7.95. The Balaban J connectivity index is 4.83. The van der Waals surface area contributed by atoms with Gasteiger partial charge in [0.25, 0.3) is 0 Å². The van der Waals surface area contributed by atoms with Crippen molar-refractivity contribution in [2.24, 2.45) is 5.92 Å². The van der Waals surface area contributed by atoms with E-state index in [0.29, 0.717) is 6.42 Å². The molecule has 0 fully saturated rings. The molecule has 0 bridgehead atoms. The van der Waals surface area contributed by atoms with Gasteiger partial charge in [0, 0.05) is 6.42 Å². The molecule has 2 nitrogen and oxygen atoms in total. The highest BCUT2D eigenvalue weighted by atomic mass is 28.4. The molecule has 0 aromatic rings. The molecule has 96 valence electrons. The molecular weight excluding hydrogens is 216 g/mol. The predicted molar refractivity (Wildman–Crippen MR) is 72.2 cm³/mol. The molecule has 0 aliphatic heterocycles. The van der Waals surface area contributed by atoms with Gasteiger partial charge in [-0.25, -0.2) is 0 Å². The van der Waals surface area contributed by atoms with Crippen molar-refractivity contribution in [2.45, 2.75) is 72.2 Å². The van der Waals surface area contributed by atoms with Gasteiger partial charge in [0.05, 0.1) is 0 Å². The van der Waals surface area contributed by atoms with Gasteiger partial charge < -0.3 is 4.43 Å². The lowest BCUT2D eigenvalue weighted by atomic mass is 10.0. The highest BCUT2D eigenvalue weighted by Crippen LogP contribution is 2.38. The zero-order valence-corrected chi connectivity index (χ0v) is 13.2. The summed E-state index contributed by atoms with van der Waals surface area (Å²) in [4.78, 5) is 11.9. The molecule has 1 atom stereocenters. The molecule has 0 aromatic carbocycles. The van der Waals surface area contributed by atoms with Crippen molar-refractivity contribution in [3.8, 4) is 0 Å². The zero-order chi connectivity index (χ0) is 13.1. The Kier molecular flexibility index (Phi) is 5.40. The third-order valence-electron chi connectivity index (χ3n) is 3.50. The highest BCUT2D eigenvalue weighted by molar-refractivity contribution is 6.74. The minimum Gasteiger partial charge on any atom is -0.407 e. The number of hydrogen-bond acceptors (Lipinski definition) is 2. The van der Waals surface area contributed by atoms with E-state index in [1.807, 2.05) is 6.92 Å². The zero-order valence-electron chi connectivity index (χ0n) is 12.2. The summed E-state index contributed by atoms with van der Waals surface area (Å²) >= 11 is 0. The molecule has 0 heterocycles. The molecule has 0 spiro atoms. The average molecular weight is 244 g/mol. The number of carbonyl (C=O) groups is 1. The molecule has 0 N–H and O–H groups in total. The summed E-state index contributed by atoms with van der Waals surface area (Å²) in [5, 5.41) is 0.161. The van der Waals surface area contributed by atoms with Crippen LogP contribution in [0.15, 0.2) is 0 Å². The summed E-state index contributed by atoms with van der Waals surface area (Å²) in [6, 6.07) is 0. The molecule has 0 amide bonds. The fourth-order valence-electron chi connectivity index (χ4n) is 1.27. The average Bonchev–Trinajstić information content (AvgIpc) is 2.10. The second kappa shape index (κ2) is 5.45. The first-order valence-corrected chi connectivity index (χ1v) is 9.14. The molecule has 16 heavy (non-hydrogen) atoms. The van der Waals surface area contributed by atoms with Crippen LogP contribution in [0.1, 0.15) is 48.0 Å². The topological polar surface area (TPSA) is 26.3 Å². The van der Waals surface area contributed by atoms with Crippen molar-refractivity contribution in [3.05, 3.63) is 0 Å². The van der Waals surface area contributed by atoms with E-state index < -0.39 is 8.32 Å². The van der Waals surface area contributed by atoms with Crippen LogP contribution >= 0.6 is 0 Å². The first-order valence-electron chi connectivity index (χ1n) is 6.23. The van der Waals surface area contributed by atoms with Gasteiger partial charge in [-0.3, -0.25) is 4.79 Å². The standard InChI is InChI=1S/C13H28O2Si/c1-9-11(14)12(10(2)3)15-16(7,8)13(4,5)6/h10,12H,9H2,1-8H3/t12-/m0/s1. The van der Waals surface area contributed by atoms with E-state index in [1.165, 1.54) is 0 Å². The Morgan fingerprint density at radius 3 is 1.94 bits per heavy atom. The predicted octanol–water partition coefficient (Wildman–Crippen LogP) is 4.01. The molecule has 0 radical (unpaired) electrons. The summed E-state index contributed by atoms with van der Waals surface area (Å²) in [5.74, 6) is 0.501. The van der Waals surface area contributed by atoms with Crippen molar-refractivity contribution in [1.82, 2.24) is 0 Å². The summed E-state index contributed by atoms with van der Waals surface area (Å²) in [7, 11) is -1.83. The largest absolute Gasteiger partial charge is 0.407 e. The van der Waals surface area contributed by atoms with Crippen LogP contribution in [0.5, 0.6) is 0 Å². The Morgan fingerprint density at radius 1 is 1.25 bits per heavy atom. The van der Waals surface area contributed by atoms with Gasteiger partial charge in [0.1, 0.15) is 6.10 Å². The Labute approximate surface area is 102 Å². The third kappa shape index (κ3) is 4.02. The van der Waals surface area contributed by atoms with Crippen molar-refractivity contribution in [1.29, 1.82) is 0 Å². The van der Waals surface area contributed by atoms with Gasteiger partial charge in [-0.2, -0.15) is 0 Å². The van der Waals surface area contributed by atoms with E-state index in [-0.39, 0.29) is 22.8 Å². The van der Waals surface area contributed by atoms with E-state index in [2.05, 4.69) is 47.7 Å². The Bertz CT molecular complexity index is 239. The van der Waals surface area contributed by atoms with Crippen LogP contribution in [0.3, 0.4) is 0 Å². The molecule has 0 aliphatic rings. The number of ketones is 1. The van der Waals surface area contributed by atoms with E-state index in [9.17, 15) is 4.79 Å². The molecular formula is C13H28O2Si. The van der Waals surface area contributed by atoms with Crippen LogP contribution in [0, 0.1) is 5.92 Å². The van der Waals surface area contributed by atoms with Crippen LogP contribution < -0.4 is 0 Å². The van der Waals surface area contributed by atoms with Gasteiger partial charge >= 0.3 is 0 Å². The molecule has 3 heteroatoms. The van der Waals surface area contributed by atoms with Crippen LogP contribution in [0.25, 0.3) is 0 Å². The van der Waals surface area contributed by atoms with E-state index in [4.69, 9.17) is 4.43 Å². The first kappa shape index (κ1) is 15.8. The highest BCUT2D eigenvalue weighted by Gasteiger charge is 2.40. The van der Waals surface area contributed by atoms with Gasteiger partial charge in [0.15, 0.2) is 14.1 Å². The van der Waals surface area contributed by atoms with E-state index >= 15 is 0 Å². The molecule has 0 aliphatic carbocycles. The summed E-state index contributed by atoms with van der Waals surface area (Å²) in [6.07, 6.45) is 0.350. The molecule has 0 aromatic heterocycles. The first-order chi connectivity index (χ1) is 7.03. The van der Waals surface area contributed by atoms with Crippen LogP contribution in [-0.2, 0) is 9.22 Å². The molecule has 0 rings (SSSR count). The molecule has 0 saturated carbocycles. The van der Waals surface area contributed by atoms with Crippen LogP contribution in [0.2, 0.25) is 18.1 Å². The summed E-state index contributed by atoms with van der Waals surface area (Å²) in [6.45, 7) is 17.0. The minimum absolute atomic E-state index is 0.161. The van der Waals surface area contributed by atoms with Crippen LogP contribution in [-0.4, -0.2) is 20.2 Å². The Hall–Kier alpha value is -0.153. The second-order valence-electron chi connectivity index (χ2n) is 6.36.